The van der Waals surface area contributed by atoms with Gasteiger partial charge in [0.25, 0.3) is 11.7 Å². The second-order valence-corrected chi connectivity index (χ2v) is 20.9. The van der Waals surface area contributed by atoms with E-state index in [1.807, 2.05) is 44.2 Å². The second kappa shape index (κ2) is 26.0. The molecule has 71 heavy (non-hydrogen) atoms. The minimum absolute atomic E-state index is 0.00293. The number of fused-ring (bicyclic) bond motifs is 3. The molecule has 1 unspecified atom stereocenters. The maximum atomic E-state index is 14.6. The highest BCUT2D eigenvalue weighted by molar-refractivity contribution is 6.39. The molecule has 0 aromatic rings. The summed E-state index contributed by atoms with van der Waals surface area (Å²) in [6.07, 6.45) is 8.87. The van der Waals surface area contributed by atoms with Crippen LogP contribution in [0.3, 0.4) is 0 Å². The number of amides is 1. The van der Waals surface area contributed by atoms with Crippen LogP contribution in [-0.4, -0.2) is 144 Å². The molecule has 4 heterocycles. The highest BCUT2D eigenvalue weighted by Gasteiger charge is 2.57. The number of hydrogen-bond acceptors (Lipinski definition) is 15. The number of nitrogens with zero attached hydrogens (tertiary/aromatic N) is 1. The first-order chi connectivity index (χ1) is 33.6. The van der Waals surface area contributed by atoms with Gasteiger partial charge in [-0.25, -0.2) is 4.79 Å². The molecule has 3 N–H and O–H groups in total. The number of aliphatic hydroxyl groups is 2. The van der Waals surface area contributed by atoms with E-state index in [1.54, 1.807) is 40.9 Å². The molecule has 0 radical (unpaired) electrons. The van der Waals surface area contributed by atoms with Crippen molar-refractivity contribution in [1.29, 1.82) is 0 Å². The van der Waals surface area contributed by atoms with Crippen molar-refractivity contribution < 1.29 is 77.3 Å². The average molecular weight is 998 g/mol. The number of Topliss-reactive ketones (excluding diaryl/α,β-unsaturated/α-hetero) is 3. The van der Waals surface area contributed by atoms with E-state index in [1.165, 1.54) is 19.1 Å². The summed E-state index contributed by atoms with van der Waals surface area (Å²) >= 11 is 0. The number of carboxylic acid groups (broad SMARTS) is 1. The maximum Gasteiger partial charge on any atom is 0.329 e. The van der Waals surface area contributed by atoms with Gasteiger partial charge < -0.3 is 48.6 Å². The van der Waals surface area contributed by atoms with Crippen LogP contribution >= 0.6 is 0 Å². The summed E-state index contributed by atoms with van der Waals surface area (Å²) < 4.78 is 35.3. The zero-order valence-electron chi connectivity index (χ0n) is 43.1. The van der Waals surface area contributed by atoms with Gasteiger partial charge in [-0.15, -0.1) is 0 Å². The molecule has 5 rings (SSSR count). The van der Waals surface area contributed by atoms with E-state index in [4.69, 9.17) is 33.5 Å². The smallest absolute Gasteiger partial charge is 0.329 e. The molecule has 0 spiro atoms. The lowest BCUT2D eigenvalue weighted by atomic mass is 9.68. The van der Waals surface area contributed by atoms with Gasteiger partial charge >= 0.3 is 17.9 Å². The molecule has 4 aliphatic heterocycles. The Morgan fingerprint density at radius 1 is 0.845 bits per heavy atom. The Labute approximate surface area is 418 Å². The van der Waals surface area contributed by atoms with Crippen molar-refractivity contribution in [3.63, 3.8) is 0 Å². The topological polar surface area (TPSA) is 239 Å². The van der Waals surface area contributed by atoms with Crippen molar-refractivity contribution in [2.45, 2.75) is 180 Å². The van der Waals surface area contributed by atoms with Crippen molar-refractivity contribution >= 4 is 41.2 Å². The summed E-state index contributed by atoms with van der Waals surface area (Å²) in [7, 11) is 4.43. The van der Waals surface area contributed by atoms with Crippen LogP contribution in [0.1, 0.15) is 125 Å². The van der Waals surface area contributed by atoms with E-state index in [9.17, 15) is 43.8 Å². The number of aliphatic carboxylic acids is 1. The van der Waals surface area contributed by atoms with E-state index in [0.29, 0.717) is 63.4 Å². The predicted molar refractivity (Wildman–Crippen MR) is 259 cm³/mol. The minimum Gasteiger partial charge on any atom is -0.481 e. The van der Waals surface area contributed by atoms with Crippen LogP contribution in [0.4, 0.5) is 0 Å². The molecule has 6 bridgehead atoms. The van der Waals surface area contributed by atoms with Crippen LogP contribution in [-0.2, 0) is 62.0 Å². The quantitative estimate of drug-likeness (QED) is 0.140. The first-order valence-corrected chi connectivity index (χ1v) is 25.5. The van der Waals surface area contributed by atoms with Crippen LogP contribution in [0.5, 0.6) is 0 Å². The normalized spacial score (nSPS) is 37.5. The summed E-state index contributed by atoms with van der Waals surface area (Å²) in [5.74, 6) is -10.9. The summed E-state index contributed by atoms with van der Waals surface area (Å²) in [5.41, 5.74) is 1.22. The number of carboxylic acids is 1. The number of methoxy groups -OCH3 is 3. The van der Waals surface area contributed by atoms with Crippen LogP contribution in [0, 0.1) is 41.4 Å². The second-order valence-electron chi connectivity index (χ2n) is 20.9. The third kappa shape index (κ3) is 14.4. The van der Waals surface area contributed by atoms with E-state index in [2.05, 4.69) is 0 Å². The number of ketones is 3. The van der Waals surface area contributed by atoms with Gasteiger partial charge in [0.2, 0.25) is 5.79 Å². The standard InChI is InChI=1S/C54H79NO16/c1-30-14-11-10-12-15-31(2)42(66-7)28-37-19-17-35(6)54(65,71-37)51(62)52(63)55-23-13-16-38-39(26-36-18-20-41(44(27-36)67-8)69-46(59)22-21-45(57)58)43(70-53(64)47(38)55)29-40(56)32(3)25-34(5)49(61)50(68-9)48(60)33(4)24-30/h10-12,14-15,25,30,32-33,35-39,41-44,47,49-50,61,65H,13,16-24,26-29H2,1-9H3,(H,57,58)/t30-,32-,33-,35-,36+,37+,38?,39+,41-,42+,43+,44-,47+,49-,50+,54-/m1/s1. The molecule has 0 aromatic carbocycles. The zero-order valence-corrected chi connectivity index (χ0v) is 43.1. The minimum atomic E-state index is -2.48. The zero-order chi connectivity index (χ0) is 52.3. The van der Waals surface area contributed by atoms with E-state index >= 15 is 0 Å². The Morgan fingerprint density at radius 3 is 2.25 bits per heavy atom. The van der Waals surface area contributed by atoms with Crippen LogP contribution in [0.25, 0.3) is 0 Å². The van der Waals surface area contributed by atoms with Crippen molar-refractivity contribution in [2.75, 3.05) is 27.9 Å². The molecular formula is C54H79NO16. The maximum absolute atomic E-state index is 14.6. The molecule has 0 aromatic heterocycles. The van der Waals surface area contributed by atoms with E-state index in [0.717, 1.165) is 5.57 Å². The molecule has 5 aliphatic rings. The first-order valence-electron chi connectivity index (χ1n) is 25.5. The molecule has 16 atom stereocenters. The Hall–Kier alpha value is -4.39. The molecular weight excluding hydrogens is 919 g/mol. The molecule has 1 saturated carbocycles. The summed E-state index contributed by atoms with van der Waals surface area (Å²) in [6, 6.07) is -1.20. The number of rotatable bonds is 9. The van der Waals surface area contributed by atoms with E-state index < -0.39 is 114 Å². The summed E-state index contributed by atoms with van der Waals surface area (Å²) in [6.45, 7) is 10.7. The van der Waals surface area contributed by atoms with Gasteiger partial charge in [-0.3, -0.25) is 28.8 Å². The van der Waals surface area contributed by atoms with Crippen molar-refractivity contribution in [1.82, 2.24) is 4.90 Å². The lowest BCUT2D eigenvalue weighted by molar-refractivity contribution is -0.266. The van der Waals surface area contributed by atoms with Crippen molar-refractivity contribution in [3.8, 4) is 0 Å². The summed E-state index contributed by atoms with van der Waals surface area (Å²) in [5, 5.41) is 32.6. The number of piperidine rings is 1. The van der Waals surface area contributed by atoms with Gasteiger partial charge in [0, 0.05) is 64.4 Å². The monoisotopic (exact) mass is 998 g/mol. The van der Waals surface area contributed by atoms with Crippen molar-refractivity contribution in [2.24, 2.45) is 41.4 Å². The number of carbonyl (C=O) groups excluding carboxylic acids is 6. The van der Waals surface area contributed by atoms with Gasteiger partial charge in [0.05, 0.1) is 31.2 Å². The summed E-state index contributed by atoms with van der Waals surface area (Å²) in [4.78, 5) is 96.2. The van der Waals surface area contributed by atoms with Gasteiger partial charge in [-0.1, -0.05) is 64.2 Å². The van der Waals surface area contributed by atoms with Crippen LogP contribution in [0.15, 0.2) is 47.6 Å². The Kier molecular flexibility index (Phi) is 21.1. The average Bonchev–Trinajstić information content (AvgIpc) is 3.33. The van der Waals surface area contributed by atoms with Gasteiger partial charge in [0.1, 0.15) is 36.2 Å². The third-order valence-corrected chi connectivity index (χ3v) is 15.7. The van der Waals surface area contributed by atoms with Gasteiger partial charge in [-0.2, -0.15) is 0 Å². The molecule has 17 nitrogen and oxygen atoms in total. The lowest BCUT2D eigenvalue weighted by Crippen LogP contribution is -2.65. The molecule has 17 heteroatoms. The van der Waals surface area contributed by atoms with Gasteiger partial charge in [0.15, 0.2) is 5.78 Å². The molecule has 4 fully saturated rings. The third-order valence-electron chi connectivity index (χ3n) is 15.7. The lowest BCUT2D eigenvalue weighted by Gasteiger charge is -2.50. The number of esters is 2. The Balaban J connectivity index is 1.49. The molecule has 396 valence electrons. The highest BCUT2D eigenvalue weighted by Crippen LogP contribution is 2.45. The Morgan fingerprint density at radius 2 is 1.58 bits per heavy atom. The molecule has 1 aliphatic carbocycles. The fourth-order valence-corrected chi connectivity index (χ4v) is 11.5. The first kappa shape index (κ1) is 57.5. The SMILES string of the molecule is CO[C@H]1C[C@@H]2CC[C@@H](C)[C@@](O)(O2)C(=O)C(=O)N2CCCC3[C@H]2C(=O)O[C@@H](CC(=O)[C@H](C)C=C(C)[C@@H](O)[C@@H](OC)C(=O)[C@H](C)C[C@H](C)C=CC=CC=C1C)[C@H]3C[C@@H]1CC[C@@H](OC(=O)CCC(=O)O)[C@H](OC)C1. The largest absolute Gasteiger partial charge is 0.481 e. The number of aliphatic hydroxyl groups excluding tert-OH is 1. The van der Waals surface area contributed by atoms with Crippen LogP contribution in [0.2, 0.25) is 0 Å². The van der Waals surface area contributed by atoms with Gasteiger partial charge in [-0.05, 0) is 101 Å². The number of ether oxygens (including phenoxy) is 6. The van der Waals surface area contributed by atoms with E-state index in [-0.39, 0.29) is 55.6 Å². The predicted octanol–water partition coefficient (Wildman–Crippen LogP) is 5.82. The number of hydrogen-bond donors (Lipinski definition) is 3. The van der Waals surface area contributed by atoms with Crippen LogP contribution < -0.4 is 0 Å². The Bertz CT molecular complexity index is 2040. The highest BCUT2D eigenvalue weighted by atomic mass is 16.6. The fourth-order valence-electron chi connectivity index (χ4n) is 11.5. The number of allylic oxidation sites excluding steroid dienone is 6. The fraction of sp³-hybridized carbons (Fsp3) is 0.722. The molecule has 3 saturated heterocycles. The molecule has 1 amide bonds. The van der Waals surface area contributed by atoms with Crippen molar-refractivity contribution in [3.05, 3.63) is 47.6 Å². The number of carbonyl (C=O) groups is 7.